The molecule has 1 fully saturated rings. The van der Waals surface area contributed by atoms with Crippen molar-refractivity contribution < 1.29 is 43.1 Å². The van der Waals surface area contributed by atoms with Crippen molar-refractivity contribution in [3.8, 4) is 0 Å². The van der Waals surface area contributed by atoms with E-state index in [4.69, 9.17) is 9.47 Å². The monoisotopic (exact) mass is 440 g/mol. The topological polar surface area (TPSA) is 99.4 Å². The average Bonchev–Trinajstić information content (AvgIpc) is 3.07. The number of halogens is 3. The van der Waals surface area contributed by atoms with E-state index in [1.165, 1.54) is 12.1 Å². The van der Waals surface area contributed by atoms with Crippen molar-refractivity contribution in [3.05, 3.63) is 69.8 Å². The molecular formula is C22H23F3O6. The Morgan fingerprint density at radius 3 is 2.35 bits per heavy atom. The second-order valence-corrected chi connectivity index (χ2v) is 8.03. The van der Waals surface area contributed by atoms with Gasteiger partial charge in [0, 0.05) is 5.56 Å². The van der Waals surface area contributed by atoms with Crippen LogP contribution in [0.4, 0.5) is 13.2 Å². The number of aliphatic hydroxyl groups excluding tert-OH is 4. The molecule has 2 aromatic carbocycles. The van der Waals surface area contributed by atoms with E-state index in [-0.39, 0.29) is 6.61 Å². The van der Waals surface area contributed by atoms with Gasteiger partial charge in [0.1, 0.15) is 24.4 Å². The second kappa shape index (κ2) is 7.84. The molecule has 9 heteroatoms. The molecule has 0 bridgehead atoms. The van der Waals surface area contributed by atoms with Gasteiger partial charge in [0.05, 0.1) is 18.8 Å². The smallest absolute Gasteiger partial charge is 0.394 e. The van der Waals surface area contributed by atoms with Gasteiger partial charge in [-0.05, 0) is 53.8 Å². The highest BCUT2D eigenvalue weighted by molar-refractivity contribution is 5.45. The summed E-state index contributed by atoms with van der Waals surface area (Å²) in [4.78, 5) is 0. The predicted molar refractivity (Wildman–Crippen MR) is 102 cm³/mol. The summed E-state index contributed by atoms with van der Waals surface area (Å²) in [5, 5.41) is 40.5. The third-order valence-corrected chi connectivity index (χ3v) is 6.01. The first kappa shape index (κ1) is 22.2. The van der Waals surface area contributed by atoms with Gasteiger partial charge >= 0.3 is 6.18 Å². The number of rotatable bonds is 3. The summed E-state index contributed by atoms with van der Waals surface area (Å²) in [5.41, 5.74) is 2.77. The summed E-state index contributed by atoms with van der Waals surface area (Å²) < 4.78 is 49.9. The van der Waals surface area contributed by atoms with E-state index >= 15 is 0 Å². The zero-order valence-electron chi connectivity index (χ0n) is 16.6. The molecule has 2 aromatic rings. The van der Waals surface area contributed by atoms with Crippen LogP contribution in [0, 0.1) is 6.92 Å². The Hall–Kier alpha value is -2.01. The van der Waals surface area contributed by atoms with Gasteiger partial charge in [0.2, 0.25) is 5.79 Å². The lowest BCUT2D eigenvalue weighted by atomic mass is 9.85. The number of hydrogen-bond acceptors (Lipinski definition) is 6. The van der Waals surface area contributed by atoms with Gasteiger partial charge in [-0.1, -0.05) is 18.2 Å². The van der Waals surface area contributed by atoms with Crippen LogP contribution >= 0.6 is 0 Å². The van der Waals surface area contributed by atoms with E-state index in [1.54, 1.807) is 6.07 Å². The minimum absolute atomic E-state index is 0.0920. The Labute approximate surface area is 176 Å². The standard InChI is InChI=1S/C22H23F3O6/c1-11-6-14-10-30-21(20(29)19(28)18(27)17(9-26)31-21)16(14)8-13(11)7-12-2-4-15(5-3-12)22(23,24)25/h2-6,8,17-20,26-29H,7,9-10H2,1H3/t17?,18-,19+,20-,21+/m1/s1. The van der Waals surface area contributed by atoms with Crippen LogP contribution in [-0.2, 0) is 34.5 Å². The molecule has 0 aromatic heterocycles. The molecule has 2 aliphatic heterocycles. The maximum Gasteiger partial charge on any atom is 0.416 e. The number of aliphatic hydroxyl groups is 4. The van der Waals surface area contributed by atoms with E-state index in [2.05, 4.69) is 0 Å². The van der Waals surface area contributed by atoms with Crippen molar-refractivity contribution in [1.29, 1.82) is 0 Å². The molecule has 0 amide bonds. The largest absolute Gasteiger partial charge is 0.416 e. The van der Waals surface area contributed by atoms with Gasteiger partial charge in [-0.2, -0.15) is 13.2 Å². The third-order valence-electron chi connectivity index (χ3n) is 6.01. The molecule has 0 aliphatic carbocycles. The molecule has 168 valence electrons. The molecule has 4 N–H and O–H groups in total. The zero-order valence-corrected chi connectivity index (χ0v) is 16.6. The van der Waals surface area contributed by atoms with Crippen molar-refractivity contribution in [1.82, 2.24) is 0 Å². The van der Waals surface area contributed by atoms with E-state index in [1.807, 2.05) is 13.0 Å². The van der Waals surface area contributed by atoms with E-state index < -0.39 is 48.5 Å². The van der Waals surface area contributed by atoms with Crippen molar-refractivity contribution in [2.75, 3.05) is 6.61 Å². The fourth-order valence-corrected chi connectivity index (χ4v) is 4.22. The van der Waals surface area contributed by atoms with Gasteiger partial charge in [-0.3, -0.25) is 0 Å². The number of aryl methyl sites for hydroxylation is 1. The summed E-state index contributed by atoms with van der Waals surface area (Å²) in [6.45, 7) is 1.36. The molecule has 1 spiro atoms. The fraction of sp³-hybridized carbons (Fsp3) is 0.455. The molecule has 5 atom stereocenters. The number of ether oxygens (including phenoxy) is 2. The Bertz CT molecular complexity index is 959. The highest BCUT2D eigenvalue weighted by atomic mass is 19.4. The maximum atomic E-state index is 12.8. The number of fused-ring (bicyclic) bond motifs is 2. The lowest BCUT2D eigenvalue weighted by Gasteiger charge is -2.46. The van der Waals surface area contributed by atoms with Crippen LogP contribution < -0.4 is 0 Å². The minimum Gasteiger partial charge on any atom is -0.394 e. The van der Waals surface area contributed by atoms with E-state index in [0.717, 1.165) is 23.3 Å². The average molecular weight is 440 g/mol. The van der Waals surface area contributed by atoms with Crippen molar-refractivity contribution in [3.63, 3.8) is 0 Å². The van der Waals surface area contributed by atoms with Gasteiger partial charge in [0.15, 0.2) is 0 Å². The lowest BCUT2D eigenvalue weighted by Crippen LogP contribution is -2.63. The molecule has 4 rings (SSSR count). The molecular weight excluding hydrogens is 417 g/mol. The first-order valence-electron chi connectivity index (χ1n) is 9.82. The fourth-order valence-electron chi connectivity index (χ4n) is 4.22. The summed E-state index contributed by atoms with van der Waals surface area (Å²) in [6.07, 6.45) is -9.93. The van der Waals surface area contributed by atoms with Gasteiger partial charge in [-0.15, -0.1) is 0 Å². The summed E-state index contributed by atoms with van der Waals surface area (Å²) in [5.74, 6) is -1.76. The molecule has 2 aliphatic rings. The zero-order chi connectivity index (χ0) is 22.6. The Balaban J connectivity index is 1.68. The lowest BCUT2D eigenvalue weighted by molar-refractivity contribution is -0.368. The van der Waals surface area contributed by atoms with Crippen molar-refractivity contribution >= 4 is 0 Å². The van der Waals surface area contributed by atoms with E-state index in [9.17, 15) is 33.6 Å². The van der Waals surface area contributed by atoms with Crippen LogP contribution in [0.3, 0.4) is 0 Å². The molecule has 0 saturated carbocycles. The minimum atomic E-state index is -4.41. The summed E-state index contributed by atoms with van der Waals surface area (Å²) in [7, 11) is 0. The van der Waals surface area contributed by atoms with Crippen molar-refractivity contribution in [2.45, 2.75) is 56.3 Å². The van der Waals surface area contributed by atoms with Gasteiger partial charge in [0.25, 0.3) is 0 Å². The predicted octanol–water partition coefficient (Wildman–Crippen LogP) is 1.76. The first-order valence-corrected chi connectivity index (χ1v) is 9.82. The Morgan fingerprint density at radius 2 is 1.74 bits per heavy atom. The molecule has 31 heavy (non-hydrogen) atoms. The van der Waals surface area contributed by atoms with Gasteiger partial charge in [-0.25, -0.2) is 0 Å². The van der Waals surface area contributed by atoms with Crippen LogP contribution in [0.25, 0.3) is 0 Å². The van der Waals surface area contributed by atoms with Crippen LogP contribution in [-0.4, -0.2) is 51.4 Å². The highest BCUT2D eigenvalue weighted by Gasteiger charge is 2.58. The van der Waals surface area contributed by atoms with Crippen LogP contribution in [0.2, 0.25) is 0 Å². The highest BCUT2D eigenvalue weighted by Crippen LogP contribution is 2.46. The number of benzene rings is 2. The molecule has 1 saturated heterocycles. The Morgan fingerprint density at radius 1 is 1.06 bits per heavy atom. The molecule has 6 nitrogen and oxygen atoms in total. The normalized spacial score (nSPS) is 30.6. The van der Waals surface area contributed by atoms with E-state index in [0.29, 0.717) is 23.1 Å². The van der Waals surface area contributed by atoms with Crippen molar-refractivity contribution in [2.24, 2.45) is 0 Å². The summed E-state index contributed by atoms with van der Waals surface area (Å²) in [6, 6.07) is 8.45. The van der Waals surface area contributed by atoms with Crippen LogP contribution in [0.5, 0.6) is 0 Å². The first-order chi connectivity index (χ1) is 14.6. The molecule has 0 radical (unpaired) electrons. The number of hydrogen-bond donors (Lipinski definition) is 4. The maximum absolute atomic E-state index is 12.8. The molecule has 1 unspecified atom stereocenters. The second-order valence-electron chi connectivity index (χ2n) is 8.03. The quantitative estimate of drug-likeness (QED) is 0.581. The van der Waals surface area contributed by atoms with Crippen LogP contribution in [0.15, 0.2) is 36.4 Å². The molecule has 2 heterocycles. The summed E-state index contributed by atoms with van der Waals surface area (Å²) >= 11 is 0. The SMILES string of the molecule is Cc1cc2c(cc1Cc1ccc(C(F)(F)F)cc1)[C@]1(OC2)OC(CO)[C@@H](O)[C@H](O)[C@H]1O. The van der Waals surface area contributed by atoms with Gasteiger partial charge < -0.3 is 29.9 Å². The Kier molecular flexibility index (Phi) is 5.61. The van der Waals surface area contributed by atoms with Crippen LogP contribution in [0.1, 0.15) is 33.4 Å². The number of alkyl halides is 3. The third kappa shape index (κ3) is 3.75.